The van der Waals surface area contributed by atoms with Crippen molar-refractivity contribution in [1.29, 1.82) is 5.26 Å². The molecular weight excluding hydrogens is 495 g/mol. The molecule has 6 aliphatic rings. The molecule has 0 spiro atoms. The number of rotatable bonds is 5. The van der Waals surface area contributed by atoms with Crippen LogP contribution in [-0.4, -0.2) is 17.5 Å². The van der Waals surface area contributed by atoms with Crippen LogP contribution in [0.3, 0.4) is 0 Å². The second-order valence-electron chi connectivity index (χ2n) is 10.0. The van der Waals surface area contributed by atoms with Crippen molar-refractivity contribution in [2.75, 3.05) is 0 Å². The molecule has 156 valence electrons. The van der Waals surface area contributed by atoms with E-state index >= 15 is 0 Å². The molecule has 0 atom stereocenters. The summed E-state index contributed by atoms with van der Waals surface area (Å²) in [7, 11) is 0. The second kappa shape index (κ2) is 5.97. The van der Waals surface area contributed by atoms with E-state index in [2.05, 4.69) is 10.9 Å². The van der Waals surface area contributed by atoms with Gasteiger partial charge in [-0.25, -0.2) is 0 Å². The third kappa shape index (κ3) is 2.51. The number of carbonyl (C=O) groups excluding carboxylic acids is 2. The van der Waals surface area contributed by atoms with Crippen LogP contribution in [0.25, 0.3) is 4.85 Å². The quantitative estimate of drug-likeness (QED) is 0.416. The molecule has 1 aromatic carbocycles. The molecular formula is C23H23IN2O4. The van der Waals surface area contributed by atoms with Crippen molar-refractivity contribution in [3.8, 4) is 6.07 Å². The maximum atomic E-state index is 13.0. The number of nitriles is 1. The van der Waals surface area contributed by atoms with Gasteiger partial charge in [0.25, 0.3) is 0 Å². The molecule has 6 nitrogen and oxygen atoms in total. The molecule has 4 bridgehead atoms. The number of hydrogen-bond donors (Lipinski definition) is 0. The van der Waals surface area contributed by atoms with Gasteiger partial charge in [0.1, 0.15) is 0 Å². The van der Waals surface area contributed by atoms with E-state index in [1.165, 1.54) is 0 Å². The molecule has 0 amide bonds. The summed E-state index contributed by atoms with van der Waals surface area (Å²) in [5.41, 5.74) is 1.23. The molecule has 7 rings (SSSR count). The van der Waals surface area contributed by atoms with Gasteiger partial charge in [-0.15, -0.1) is 0 Å². The number of nitrogens with zero attached hydrogens (tertiary/aromatic N) is 2. The Labute approximate surface area is 184 Å². The van der Waals surface area contributed by atoms with Crippen molar-refractivity contribution in [1.82, 2.24) is 0 Å². The van der Waals surface area contributed by atoms with Crippen molar-refractivity contribution >= 4 is 32.6 Å². The van der Waals surface area contributed by atoms with E-state index < -0.39 is 31.5 Å². The van der Waals surface area contributed by atoms with Gasteiger partial charge in [-0.2, -0.15) is 0 Å². The molecule has 1 aromatic rings. The average Bonchev–Trinajstić information content (AvgIpc) is 2.49. The fraction of sp³-hybridized carbons (Fsp3) is 0.565. The molecule has 30 heavy (non-hydrogen) atoms. The minimum atomic E-state index is -3.06. The Morgan fingerprint density at radius 3 is 1.90 bits per heavy atom. The van der Waals surface area contributed by atoms with Crippen LogP contribution in [0.5, 0.6) is 0 Å². The molecule has 0 radical (unpaired) electrons. The van der Waals surface area contributed by atoms with Gasteiger partial charge < -0.3 is 0 Å². The Balaban J connectivity index is 1.38. The molecule has 6 fully saturated rings. The predicted octanol–water partition coefficient (Wildman–Crippen LogP) is 4.74. The van der Waals surface area contributed by atoms with Crippen LogP contribution in [0.15, 0.2) is 12.1 Å². The first-order valence-electron chi connectivity index (χ1n) is 10.1. The van der Waals surface area contributed by atoms with Crippen molar-refractivity contribution < 1.29 is 15.7 Å². The Bertz CT molecular complexity index is 975. The number of benzene rings is 1. The van der Waals surface area contributed by atoms with Crippen LogP contribution in [0.2, 0.25) is 0 Å². The first-order valence-corrected chi connectivity index (χ1v) is 13.0. The second-order valence-corrected chi connectivity index (χ2v) is 13.2. The van der Waals surface area contributed by atoms with E-state index in [0.717, 1.165) is 20.3 Å². The first-order chi connectivity index (χ1) is 14.1. The molecule has 0 N–H and O–H groups in total. The summed E-state index contributed by atoms with van der Waals surface area (Å²) >= 11 is -3.06. The predicted molar refractivity (Wildman–Crippen MR) is 116 cm³/mol. The number of hydrogen-bond acceptors (Lipinski definition) is 5. The molecule has 6 saturated carbocycles. The fourth-order valence-electron chi connectivity index (χ4n) is 5.98. The third-order valence-corrected chi connectivity index (χ3v) is 11.6. The third-order valence-electron chi connectivity index (χ3n) is 7.39. The van der Waals surface area contributed by atoms with Gasteiger partial charge in [0.15, 0.2) is 0 Å². The molecule has 0 aliphatic heterocycles. The van der Waals surface area contributed by atoms with Crippen LogP contribution < -0.4 is 0 Å². The van der Waals surface area contributed by atoms with Gasteiger partial charge in [0, 0.05) is 0 Å². The molecule has 0 unspecified atom stereocenters. The number of aryl methyl sites for hydroxylation is 3. The summed E-state index contributed by atoms with van der Waals surface area (Å²) in [5.74, 6) is -0.622. The summed E-state index contributed by atoms with van der Waals surface area (Å²) < 4.78 is 12.8. The van der Waals surface area contributed by atoms with Crippen LogP contribution in [0, 0.1) is 58.5 Å². The molecule has 0 saturated heterocycles. The summed E-state index contributed by atoms with van der Waals surface area (Å²) in [4.78, 5) is 29.7. The molecule has 7 heteroatoms. The average molecular weight is 518 g/mol. The normalized spacial score (nSPS) is 37.0. The summed E-state index contributed by atoms with van der Waals surface area (Å²) in [5, 5.41) is 9.24. The fourth-order valence-corrected chi connectivity index (χ4v) is 9.87. The zero-order valence-corrected chi connectivity index (χ0v) is 19.5. The van der Waals surface area contributed by atoms with E-state index in [1.54, 1.807) is 0 Å². The number of carbonyl (C=O) groups is 2. The monoisotopic (exact) mass is 518 g/mol. The van der Waals surface area contributed by atoms with Crippen molar-refractivity contribution in [2.24, 2.45) is 16.2 Å². The van der Waals surface area contributed by atoms with E-state index in [9.17, 15) is 14.9 Å². The molecule has 6 aliphatic carbocycles. The van der Waals surface area contributed by atoms with E-state index in [0.29, 0.717) is 38.5 Å². The van der Waals surface area contributed by atoms with E-state index in [4.69, 9.17) is 12.7 Å². The summed E-state index contributed by atoms with van der Waals surface area (Å²) in [6.07, 6.45) is 3.33. The summed E-state index contributed by atoms with van der Waals surface area (Å²) in [6, 6.07) is 6.36. The van der Waals surface area contributed by atoms with Crippen molar-refractivity contribution in [2.45, 2.75) is 64.8 Å². The topological polar surface area (TPSA) is 80.8 Å². The summed E-state index contributed by atoms with van der Waals surface area (Å²) in [6.45, 7) is 13.2. The molecule has 0 aromatic heterocycles. The maximum absolute atomic E-state index is 13.0. The van der Waals surface area contributed by atoms with Crippen molar-refractivity contribution in [3.05, 3.63) is 43.8 Å². The van der Waals surface area contributed by atoms with Crippen LogP contribution >= 0.6 is 20.6 Å². The van der Waals surface area contributed by atoms with Gasteiger partial charge in [-0.05, 0) is 0 Å². The van der Waals surface area contributed by atoms with Crippen molar-refractivity contribution in [3.63, 3.8) is 0 Å². The van der Waals surface area contributed by atoms with E-state index in [-0.39, 0.29) is 22.9 Å². The SMILES string of the molecule is [C-]#[N+]C12CC(C(=O)OI(OC(=O)C34CC(C#N)(C3)C4)c3c(C)cc(C)cc3C)(C1)C2. The van der Waals surface area contributed by atoms with Gasteiger partial charge in [0.05, 0.1) is 0 Å². The zero-order chi connectivity index (χ0) is 21.5. The van der Waals surface area contributed by atoms with Gasteiger partial charge in [-0.1, -0.05) is 0 Å². The van der Waals surface area contributed by atoms with Gasteiger partial charge in [-0.3, -0.25) is 0 Å². The minimum absolute atomic E-state index is 0.309. The van der Waals surface area contributed by atoms with Gasteiger partial charge in [0.2, 0.25) is 0 Å². The van der Waals surface area contributed by atoms with Gasteiger partial charge >= 0.3 is 185 Å². The standard InChI is InChI=1S/C23H23IN2O4/c1-14-5-15(2)17(16(3)6-14)24(29-18(27)21-7-20(8-21,9-21)13-25)30-19(28)22-10-23(11-22,12-22)26-4/h5-6H,7-12H2,1-3H3. The van der Waals surface area contributed by atoms with Crippen LogP contribution in [0.1, 0.15) is 55.2 Å². The Kier molecular flexibility index (Phi) is 3.94. The van der Waals surface area contributed by atoms with Crippen LogP contribution in [0.4, 0.5) is 0 Å². The Hall–Kier alpha value is -2.13. The van der Waals surface area contributed by atoms with Crippen LogP contribution in [-0.2, 0) is 15.7 Å². The first kappa shape index (κ1) is 19.8. The Morgan fingerprint density at radius 2 is 1.47 bits per heavy atom. The Morgan fingerprint density at radius 1 is 1.00 bits per heavy atom. The van der Waals surface area contributed by atoms with E-state index in [1.807, 2.05) is 32.9 Å². The number of halogens is 1. The zero-order valence-electron chi connectivity index (χ0n) is 17.3. The molecule has 0 heterocycles.